The van der Waals surface area contributed by atoms with Gasteiger partial charge in [-0.3, -0.25) is 0 Å². The van der Waals surface area contributed by atoms with Gasteiger partial charge in [0.15, 0.2) is 0 Å². The highest BCUT2D eigenvalue weighted by molar-refractivity contribution is 7.10. The lowest BCUT2D eigenvalue weighted by Crippen LogP contribution is -2.61. The number of aliphatic hydroxyl groups excluding tert-OH is 3. The number of thiophene rings is 1. The number of ether oxygens (including phenoxy) is 1. The molecular formula is C23H24O5S. The van der Waals surface area contributed by atoms with Gasteiger partial charge in [-0.1, -0.05) is 60.7 Å². The van der Waals surface area contributed by atoms with E-state index in [1.165, 1.54) is 0 Å². The molecule has 0 amide bonds. The van der Waals surface area contributed by atoms with Crippen molar-refractivity contribution in [3.63, 3.8) is 0 Å². The second kappa shape index (κ2) is 8.36. The van der Waals surface area contributed by atoms with Gasteiger partial charge in [0.05, 0.1) is 13.2 Å². The highest BCUT2D eigenvalue weighted by Gasteiger charge is 2.52. The molecule has 5 atom stereocenters. The van der Waals surface area contributed by atoms with Crippen molar-refractivity contribution >= 4 is 11.3 Å². The molecule has 4 rings (SSSR count). The van der Waals surface area contributed by atoms with Crippen LogP contribution >= 0.6 is 11.3 Å². The highest BCUT2D eigenvalue weighted by Crippen LogP contribution is 2.40. The van der Waals surface area contributed by atoms with Gasteiger partial charge in [-0.05, 0) is 28.1 Å². The number of hydrogen-bond acceptors (Lipinski definition) is 6. The van der Waals surface area contributed by atoms with E-state index < -0.39 is 30.5 Å². The first-order chi connectivity index (χ1) is 14.1. The topological polar surface area (TPSA) is 90.2 Å². The first-order valence-corrected chi connectivity index (χ1v) is 10.4. The second-order valence-electron chi connectivity index (χ2n) is 7.33. The fourth-order valence-corrected chi connectivity index (χ4v) is 4.93. The summed E-state index contributed by atoms with van der Waals surface area (Å²) in [6.07, 6.45) is -3.75. The Hall–Kier alpha value is -2.06. The number of aliphatic hydroxyl groups is 4. The SMILES string of the molecule is OC[C@H]1OC[C@H](O)[C@@H](O)[C@]1(O)c1cccc(C(c2ccccc2)c2cccs2)c1. The molecule has 1 saturated heterocycles. The van der Waals surface area contributed by atoms with E-state index in [2.05, 4.69) is 18.2 Å². The van der Waals surface area contributed by atoms with Crippen LogP contribution in [-0.2, 0) is 10.3 Å². The van der Waals surface area contributed by atoms with Gasteiger partial charge < -0.3 is 25.2 Å². The predicted molar refractivity (Wildman–Crippen MR) is 111 cm³/mol. The Morgan fingerprint density at radius 3 is 2.45 bits per heavy atom. The van der Waals surface area contributed by atoms with E-state index in [4.69, 9.17) is 4.74 Å². The molecule has 5 nitrogen and oxygen atoms in total. The van der Waals surface area contributed by atoms with Crippen LogP contribution in [0.3, 0.4) is 0 Å². The van der Waals surface area contributed by atoms with Gasteiger partial charge in [-0.2, -0.15) is 0 Å². The molecule has 1 fully saturated rings. The summed E-state index contributed by atoms with van der Waals surface area (Å²) in [5.74, 6) is -0.0427. The van der Waals surface area contributed by atoms with Crippen molar-refractivity contribution in [3.05, 3.63) is 93.7 Å². The average Bonchev–Trinajstić information content (AvgIpc) is 3.28. The van der Waals surface area contributed by atoms with Crippen LogP contribution in [0.1, 0.15) is 27.5 Å². The lowest BCUT2D eigenvalue weighted by Gasteiger charge is -2.45. The molecule has 2 aromatic carbocycles. The van der Waals surface area contributed by atoms with E-state index in [1.54, 1.807) is 17.4 Å². The molecule has 2 heterocycles. The predicted octanol–water partition coefficient (Wildman–Crippen LogP) is 2.23. The van der Waals surface area contributed by atoms with E-state index in [0.717, 1.165) is 16.0 Å². The summed E-state index contributed by atoms with van der Waals surface area (Å²) in [7, 11) is 0. The van der Waals surface area contributed by atoms with Crippen molar-refractivity contribution in [2.24, 2.45) is 0 Å². The van der Waals surface area contributed by atoms with Gasteiger partial charge in [0.2, 0.25) is 0 Å². The number of rotatable bonds is 5. The summed E-state index contributed by atoms with van der Waals surface area (Å²) < 4.78 is 5.43. The molecule has 1 aromatic heterocycles. The smallest absolute Gasteiger partial charge is 0.146 e. The Labute approximate surface area is 173 Å². The van der Waals surface area contributed by atoms with Crippen molar-refractivity contribution < 1.29 is 25.2 Å². The third-order valence-corrected chi connectivity index (χ3v) is 6.52. The fraction of sp³-hybridized carbons (Fsp3) is 0.304. The van der Waals surface area contributed by atoms with Crippen LogP contribution in [0.25, 0.3) is 0 Å². The summed E-state index contributed by atoms with van der Waals surface area (Å²) in [5, 5.41) is 43.8. The maximum Gasteiger partial charge on any atom is 0.146 e. The van der Waals surface area contributed by atoms with E-state index in [-0.39, 0.29) is 12.5 Å². The van der Waals surface area contributed by atoms with Crippen molar-refractivity contribution in [3.8, 4) is 0 Å². The molecule has 0 saturated carbocycles. The van der Waals surface area contributed by atoms with Crippen LogP contribution in [0.2, 0.25) is 0 Å². The van der Waals surface area contributed by atoms with Gasteiger partial charge in [0, 0.05) is 10.8 Å². The van der Waals surface area contributed by atoms with Gasteiger partial charge >= 0.3 is 0 Å². The normalized spacial score (nSPS) is 28.2. The quantitative estimate of drug-likeness (QED) is 0.516. The summed E-state index contributed by atoms with van der Waals surface area (Å²) in [5.41, 5.74) is 0.531. The van der Waals surface area contributed by atoms with Crippen LogP contribution in [0.4, 0.5) is 0 Å². The summed E-state index contributed by atoms with van der Waals surface area (Å²) in [6, 6.07) is 21.4. The molecule has 152 valence electrons. The number of benzene rings is 2. The maximum atomic E-state index is 11.4. The van der Waals surface area contributed by atoms with Crippen LogP contribution in [0.15, 0.2) is 72.1 Å². The van der Waals surface area contributed by atoms with Crippen LogP contribution < -0.4 is 0 Å². The van der Waals surface area contributed by atoms with Crippen molar-refractivity contribution in [2.75, 3.05) is 13.2 Å². The Morgan fingerprint density at radius 2 is 1.76 bits per heavy atom. The van der Waals surface area contributed by atoms with Crippen LogP contribution in [0.5, 0.6) is 0 Å². The largest absolute Gasteiger partial charge is 0.394 e. The summed E-state index contributed by atoms with van der Waals surface area (Å²) in [6.45, 7) is -0.617. The van der Waals surface area contributed by atoms with Crippen molar-refractivity contribution in [2.45, 2.75) is 29.8 Å². The average molecular weight is 413 g/mol. The lowest BCUT2D eigenvalue weighted by atomic mass is 9.77. The first kappa shape index (κ1) is 20.2. The summed E-state index contributed by atoms with van der Waals surface area (Å²) >= 11 is 1.65. The minimum Gasteiger partial charge on any atom is -0.394 e. The minimum atomic E-state index is -1.92. The molecule has 0 radical (unpaired) electrons. The van der Waals surface area contributed by atoms with Gasteiger partial charge in [-0.25, -0.2) is 0 Å². The number of hydrogen-bond donors (Lipinski definition) is 4. The van der Waals surface area contributed by atoms with Gasteiger partial charge in [0.1, 0.15) is 23.9 Å². The molecule has 1 aliphatic rings. The monoisotopic (exact) mass is 412 g/mol. The van der Waals surface area contributed by atoms with Crippen LogP contribution in [0, 0.1) is 0 Å². The molecule has 1 aliphatic heterocycles. The third kappa shape index (κ3) is 3.64. The minimum absolute atomic E-state index is 0.0427. The van der Waals surface area contributed by atoms with E-state index in [9.17, 15) is 20.4 Å². The zero-order valence-electron chi connectivity index (χ0n) is 15.8. The fourth-order valence-electron chi connectivity index (χ4n) is 4.05. The molecule has 0 bridgehead atoms. The van der Waals surface area contributed by atoms with E-state index >= 15 is 0 Å². The highest BCUT2D eigenvalue weighted by atomic mass is 32.1. The molecule has 29 heavy (non-hydrogen) atoms. The molecule has 4 N–H and O–H groups in total. The Morgan fingerprint density at radius 1 is 1.00 bits per heavy atom. The zero-order valence-corrected chi connectivity index (χ0v) is 16.6. The van der Waals surface area contributed by atoms with Gasteiger partial charge in [-0.15, -0.1) is 11.3 Å². The van der Waals surface area contributed by atoms with Crippen molar-refractivity contribution in [1.82, 2.24) is 0 Å². The Balaban J connectivity index is 1.81. The first-order valence-electron chi connectivity index (χ1n) is 9.55. The molecule has 3 aromatic rings. The van der Waals surface area contributed by atoms with E-state index in [0.29, 0.717) is 5.56 Å². The van der Waals surface area contributed by atoms with Crippen LogP contribution in [-0.4, -0.2) is 52.0 Å². The Kier molecular flexibility index (Phi) is 5.83. The lowest BCUT2D eigenvalue weighted by molar-refractivity contribution is -0.255. The second-order valence-corrected chi connectivity index (χ2v) is 8.31. The Bertz CT molecular complexity index is 925. The van der Waals surface area contributed by atoms with Crippen molar-refractivity contribution in [1.29, 1.82) is 0 Å². The molecule has 6 heteroatoms. The zero-order chi connectivity index (χ0) is 20.4. The van der Waals surface area contributed by atoms with E-state index in [1.807, 2.05) is 47.8 Å². The van der Waals surface area contributed by atoms with Gasteiger partial charge in [0.25, 0.3) is 0 Å². The summed E-state index contributed by atoms with van der Waals surface area (Å²) in [4.78, 5) is 1.15. The standard InChI is InChI=1S/C23H24O5S/c24-13-20-23(27,22(26)18(25)14-28-20)17-9-4-8-16(12-17)21(19-10-5-11-29-19)15-6-2-1-3-7-15/h1-12,18,20-22,24-27H,13-14H2/t18-,20+,21?,22+,23-/m0/s1. The molecular weight excluding hydrogens is 388 g/mol. The molecule has 0 aliphatic carbocycles. The molecule has 1 unspecified atom stereocenters. The molecule has 0 spiro atoms. The maximum absolute atomic E-state index is 11.4. The third-order valence-electron chi connectivity index (χ3n) is 5.58.